The van der Waals surface area contributed by atoms with Crippen molar-refractivity contribution in [3.8, 4) is 0 Å². The van der Waals surface area contributed by atoms with Gasteiger partial charge in [0.15, 0.2) is 12.3 Å². The Bertz CT molecular complexity index is 901. The third-order valence-electron chi connectivity index (χ3n) is 4.11. The molecule has 2 unspecified atom stereocenters. The summed E-state index contributed by atoms with van der Waals surface area (Å²) in [5.74, 6) is 0. The molecule has 1 fully saturated rings. The molecule has 0 radical (unpaired) electrons. The Hall–Kier alpha value is -0.920. The van der Waals surface area contributed by atoms with E-state index in [0.717, 1.165) is 16.8 Å². The predicted octanol–water partition coefficient (Wildman–Crippen LogP) is -1.17. The summed E-state index contributed by atoms with van der Waals surface area (Å²) in [6, 6.07) is 1.08. The maximum Gasteiger partial charge on any atom is 0.582 e. The molecular weight excluding hydrogens is 452 g/mol. The Labute approximate surface area is 171 Å². The van der Waals surface area contributed by atoms with Gasteiger partial charge in [-0.3, -0.25) is 18.9 Å². The lowest BCUT2D eigenvalue weighted by Crippen LogP contribution is -2.54. The zero-order valence-electron chi connectivity index (χ0n) is 15.7. The molecule has 13 nitrogen and oxygen atoms in total. The monoisotopic (exact) mass is 473 g/mol. The predicted molar refractivity (Wildman–Crippen MR) is 101 cm³/mol. The van der Waals surface area contributed by atoms with E-state index >= 15 is 0 Å². The van der Waals surface area contributed by atoms with Crippen LogP contribution in [0, 0.1) is 0 Å². The number of H-pyrrole nitrogens is 1. The maximum absolute atomic E-state index is 12.2. The molecule has 0 aliphatic carbocycles. The molecule has 0 bridgehead atoms. The number of aromatic amines is 1. The Morgan fingerprint density at radius 1 is 1.52 bits per heavy atom. The van der Waals surface area contributed by atoms with Crippen LogP contribution in [0.3, 0.4) is 0 Å². The van der Waals surface area contributed by atoms with Crippen molar-refractivity contribution < 1.29 is 37.4 Å². The van der Waals surface area contributed by atoms with Crippen molar-refractivity contribution in [2.75, 3.05) is 34.4 Å². The summed E-state index contributed by atoms with van der Waals surface area (Å²) < 4.78 is 45.2. The van der Waals surface area contributed by atoms with Crippen LogP contribution in [0.4, 0.5) is 0 Å². The molecule has 2 N–H and O–H groups in total. The maximum atomic E-state index is 12.2. The summed E-state index contributed by atoms with van der Waals surface area (Å²) in [6.07, 6.45) is -2.37. The van der Waals surface area contributed by atoms with Gasteiger partial charge in [-0.05, 0) is 18.7 Å². The first-order valence-electron chi connectivity index (χ1n) is 8.06. The summed E-state index contributed by atoms with van der Waals surface area (Å²) >= 11 is 3.74. The second-order valence-electron chi connectivity index (χ2n) is 6.53. The van der Waals surface area contributed by atoms with E-state index in [4.69, 9.17) is 18.9 Å². The van der Waals surface area contributed by atoms with Gasteiger partial charge in [-0.25, -0.2) is 4.79 Å². The van der Waals surface area contributed by atoms with E-state index in [9.17, 15) is 23.6 Å². The molecule has 29 heavy (non-hydrogen) atoms. The zero-order valence-corrected chi connectivity index (χ0v) is 18.3. The number of aromatic nitrogens is 2. The molecule has 1 aromatic rings. The van der Waals surface area contributed by atoms with Crippen molar-refractivity contribution in [3.05, 3.63) is 33.1 Å². The van der Waals surface area contributed by atoms with E-state index in [0.29, 0.717) is 0 Å². The quantitative estimate of drug-likeness (QED) is 0.291. The van der Waals surface area contributed by atoms with Crippen molar-refractivity contribution in [1.29, 1.82) is 0 Å². The highest BCUT2D eigenvalue weighted by Gasteiger charge is 2.61. The van der Waals surface area contributed by atoms with Crippen LogP contribution < -0.4 is 16.1 Å². The first-order valence-corrected chi connectivity index (χ1v) is 11.9. The molecule has 2 heterocycles. The lowest BCUT2D eigenvalue weighted by atomic mass is 9.95. The zero-order chi connectivity index (χ0) is 22.0. The molecule has 1 saturated heterocycles. The standard InChI is InChI=1S/C13H21N3O10P2S/c1-15(2)6-13(7-24-28(20,21)22)10(26-27(19)29)9(23-3)11(25-13)16-5-4-8(17)14-12(16)18/h4-5,9-11H,6-7H2,1-3H3,(H3-,14,17,18,19,20,21,22,29)/t9-,10+,11-,13-/m1/s1. The fraction of sp³-hybridized carbons (Fsp3) is 0.692. The fourth-order valence-corrected chi connectivity index (χ4v) is 4.37. The van der Waals surface area contributed by atoms with Crippen LogP contribution in [-0.4, -0.2) is 71.5 Å². The number of ether oxygens (including phenoxy) is 2. The summed E-state index contributed by atoms with van der Waals surface area (Å²) in [4.78, 5) is 47.5. The fourth-order valence-electron chi connectivity index (χ4n) is 3.17. The van der Waals surface area contributed by atoms with Crippen LogP contribution in [0.5, 0.6) is 0 Å². The van der Waals surface area contributed by atoms with Crippen molar-refractivity contribution in [1.82, 2.24) is 14.5 Å². The van der Waals surface area contributed by atoms with Crippen molar-refractivity contribution in [2.45, 2.75) is 24.0 Å². The lowest BCUT2D eigenvalue weighted by molar-refractivity contribution is -0.228. The minimum Gasteiger partial charge on any atom is -0.756 e. The van der Waals surface area contributed by atoms with Gasteiger partial charge in [0, 0.05) is 25.9 Å². The van der Waals surface area contributed by atoms with E-state index in [2.05, 4.69) is 21.8 Å². The third kappa shape index (κ3) is 6.05. The molecule has 1 aliphatic heterocycles. The number of nitrogens with zero attached hydrogens (tertiary/aromatic N) is 2. The van der Waals surface area contributed by atoms with Crippen molar-refractivity contribution >= 4 is 27.3 Å². The van der Waals surface area contributed by atoms with E-state index in [1.54, 1.807) is 19.0 Å². The van der Waals surface area contributed by atoms with Gasteiger partial charge in [-0.1, -0.05) is 0 Å². The van der Waals surface area contributed by atoms with Crippen molar-refractivity contribution in [2.24, 2.45) is 0 Å². The second-order valence-corrected chi connectivity index (χ2v) is 9.40. The number of hydrogen-bond acceptors (Lipinski definition) is 10. The molecule has 0 spiro atoms. The number of likely N-dealkylation sites (N-methyl/N-ethyl adjacent to an activating group) is 1. The molecule has 1 aliphatic rings. The summed E-state index contributed by atoms with van der Waals surface area (Å²) in [6.45, 7) is -0.776. The van der Waals surface area contributed by atoms with Gasteiger partial charge >= 0.3 is 12.9 Å². The number of methoxy groups -OCH3 is 1. The number of nitrogens with one attached hydrogen (secondary N) is 1. The third-order valence-corrected chi connectivity index (χ3v) is 5.26. The van der Waals surface area contributed by atoms with E-state index in [1.165, 1.54) is 7.11 Å². The van der Waals surface area contributed by atoms with Gasteiger partial charge in [0.25, 0.3) is 13.4 Å². The van der Waals surface area contributed by atoms with Crippen LogP contribution in [0.2, 0.25) is 0 Å². The molecular formula is C13H21N3O10P2S. The van der Waals surface area contributed by atoms with Gasteiger partial charge in [-0.15, -0.1) is 4.52 Å². The second kappa shape index (κ2) is 9.48. The van der Waals surface area contributed by atoms with Gasteiger partial charge in [-0.2, -0.15) is 0 Å². The number of hydrogen-bond donors (Lipinski definition) is 3. The average molecular weight is 473 g/mol. The van der Waals surface area contributed by atoms with Crippen LogP contribution in [0.15, 0.2) is 21.9 Å². The lowest BCUT2D eigenvalue weighted by Gasteiger charge is -2.35. The minimum atomic E-state index is -5.15. The summed E-state index contributed by atoms with van der Waals surface area (Å²) in [5.41, 5.74) is -3.11. The van der Waals surface area contributed by atoms with Crippen LogP contribution >= 0.6 is 27.3 Å². The highest BCUT2D eigenvalue weighted by Crippen LogP contribution is 2.47. The van der Waals surface area contributed by atoms with Gasteiger partial charge < -0.3 is 28.7 Å². The van der Waals surface area contributed by atoms with Gasteiger partial charge in [0.05, 0.1) is 6.61 Å². The summed E-state index contributed by atoms with van der Waals surface area (Å²) in [5, 5.41) is 0. The molecule has 0 amide bonds. The highest BCUT2D eigenvalue weighted by atomic mass is 32.7. The Morgan fingerprint density at radius 2 is 2.17 bits per heavy atom. The smallest absolute Gasteiger partial charge is 0.582 e. The molecule has 0 aromatic carbocycles. The molecule has 164 valence electrons. The normalized spacial score (nSPS) is 29.8. The first kappa shape index (κ1) is 24.4. The minimum absolute atomic E-state index is 0.0386. The van der Waals surface area contributed by atoms with Crippen LogP contribution in [0.25, 0.3) is 0 Å². The largest absolute Gasteiger partial charge is 0.756 e. The number of phosphoric acid groups is 1. The van der Waals surface area contributed by atoms with Gasteiger partial charge in [0.1, 0.15) is 24.0 Å². The van der Waals surface area contributed by atoms with E-state index in [1.807, 2.05) is 0 Å². The molecule has 16 heteroatoms. The van der Waals surface area contributed by atoms with Crippen molar-refractivity contribution in [3.63, 3.8) is 0 Å². The van der Waals surface area contributed by atoms with Crippen LogP contribution in [-0.2, 0) is 27.7 Å². The Morgan fingerprint density at radius 3 is 2.66 bits per heavy atom. The number of rotatable bonds is 9. The SMILES string of the molecule is CO[C@H]1[C@H](n2ccc(=O)[nH]c2=O)O[C@@](COP(=O)([O-])O)(CN(C)C)[C@H]1O[P+](=O)S. The van der Waals surface area contributed by atoms with E-state index < -0.39 is 56.9 Å². The molecule has 1 aromatic heterocycles. The molecule has 6 atom stereocenters. The number of phosphoric ester groups is 1. The topological polar surface area (TPSA) is 172 Å². The highest BCUT2D eigenvalue weighted by molar-refractivity contribution is 8.39. The number of thiol groups is 1. The van der Waals surface area contributed by atoms with Gasteiger partial charge in [0.2, 0.25) is 0 Å². The Balaban J connectivity index is 2.58. The first-order chi connectivity index (χ1) is 13.4. The summed E-state index contributed by atoms with van der Waals surface area (Å²) in [7, 11) is -3.11. The molecule has 0 saturated carbocycles. The molecule has 2 rings (SSSR count). The average Bonchev–Trinajstić information content (AvgIpc) is 2.85. The van der Waals surface area contributed by atoms with Crippen LogP contribution in [0.1, 0.15) is 6.23 Å². The Kier molecular flexibility index (Phi) is 7.96. The van der Waals surface area contributed by atoms with E-state index in [-0.39, 0.29) is 6.54 Å².